The molecule has 1 aliphatic carbocycles. The van der Waals surface area contributed by atoms with Gasteiger partial charge in [-0.15, -0.1) is 6.58 Å². The molecule has 3 atom stereocenters. The molecule has 1 aromatic carbocycles. The van der Waals surface area contributed by atoms with Gasteiger partial charge in [-0.05, 0) is 36.7 Å². The van der Waals surface area contributed by atoms with Gasteiger partial charge in [0.1, 0.15) is 6.10 Å². The molecule has 164 valence electrons. The third kappa shape index (κ3) is 5.70. The first-order valence-electron chi connectivity index (χ1n) is 10.3. The van der Waals surface area contributed by atoms with Crippen molar-refractivity contribution in [3.8, 4) is 0 Å². The highest BCUT2D eigenvalue weighted by molar-refractivity contribution is 6.74. The monoisotopic (exact) mass is 430 g/mol. The van der Waals surface area contributed by atoms with Gasteiger partial charge in [0.15, 0.2) is 8.32 Å². The average Bonchev–Trinajstić information content (AvgIpc) is 2.69. The number of esters is 2. The van der Waals surface area contributed by atoms with Gasteiger partial charge >= 0.3 is 11.9 Å². The number of carbonyl (C=O) groups is 2. The zero-order valence-corrected chi connectivity index (χ0v) is 19.9. The van der Waals surface area contributed by atoms with Crippen molar-refractivity contribution in [1.82, 2.24) is 0 Å². The number of ether oxygens (including phenoxy) is 2. The summed E-state index contributed by atoms with van der Waals surface area (Å²) >= 11 is 0. The molecule has 0 saturated carbocycles. The molecular formula is C24H34O5Si. The van der Waals surface area contributed by atoms with Crippen molar-refractivity contribution >= 4 is 20.3 Å². The second-order valence-electron chi connectivity index (χ2n) is 9.23. The fourth-order valence-corrected chi connectivity index (χ4v) is 4.63. The summed E-state index contributed by atoms with van der Waals surface area (Å²) in [6.45, 7) is 14.6. The molecule has 3 unspecified atom stereocenters. The molecule has 5 nitrogen and oxygen atoms in total. The van der Waals surface area contributed by atoms with Gasteiger partial charge in [0.05, 0.1) is 18.8 Å². The van der Waals surface area contributed by atoms with E-state index >= 15 is 0 Å². The first-order chi connectivity index (χ1) is 14.0. The number of hydrogen-bond donors (Lipinski definition) is 0. The zero-order valence-electron chi connectivity index (χ0n) is 18.9. The van der Waals surface area contributed by atoms with Gasteiger partial charge in [0.25, 0.3) is 0 Å². The lowest BCUT2D eigenvalue weighted by molar-refractivity contribution is -0.137. The number of carbonyl (C=O) groups excluding carboxylic acids is 2. The summed E-state index contributed by atoms with van der Waals surface area (Å²) in [5, 5.41) is -0.0263. The Bertz CT molecular complexity index is 792. The van der Waals surface area contributed by atoms with Crippen LogP contribution >= 0.6 is 0 Å². The van der Waals surface area contributed by atoms with Crippen LogP contribution in [0.2, 0.25) is 18.1 Å². The van der Waals surface area contributed by atoms with Gasteiger partial charge in [-0.25, -0.2) is 9.59 Å². The molecule has 0 spiro atoms. The molecule has 0 fully saturated rings. The second kappa shape index (κ2) is 9.75. The van der Waals surface area contributed by atoms with Crippen molar-refractivity contribution in [3.63, 3.8) is 0 Å². The number of rotatable bonds is 7. The van der Waals surface area contributed by atoms with E-state index in [0.717, 1.165) is 0 Å². The summed E-state index contributed by atoms with van der Waals surface area (Å²) in [5.74, 6) is -0.984. The van der Waals surface area contributed by atoms with Crippen molar-refractivity contribution in [1.29, 1.82) is 0 Å². The lowest BCUT2D eigenvalue weighted by Gasteiger charge is -2.44. The Hall–Kier alpha value is -2.18. The summed E-state index contributed by atoms with van der Waals surface area (Å²) < 4.78 is 17.6. The fraction of sp³-hybridized carbons (Fsp3) is 0.500. The van der Waals surface area contributed by atoms with Crippen molar-refractivity contribution in [2.75, 3.05) is 7.11 Å². The third-order valence-corrected chi connectivity index (χ3v) is 10.5. The Kier molecular flexibility index (Phi) is 7.83. The second-order valence-corrected chi connectivity index (χ2v) is 14.0. The largest absolute Gasteiger partial charge is 0.466 e. The molecule has 0 saturated heterocycles. The van der Waals surface area contributed by atoms with Crippen LogP contribution in [0.25, 0.3) is 0 Å². The molecule has 0 aliphatic heterocycles. The topological polar surface area (TPSA) is 61.8 Å². The van der Waals surface area contributed by atoms with Crippen molar-refractivity contribution in [2.24, 2.45) is 5.92 Å². The highest BCUT2D eigenvalue weighted by Crippen LogP contribution is 2.41. The smallest absolute Gasteiger partial charge is 0.338 e. The minimum Gasteiger partial charge on any atom is -0.466 e. The average molecular weight is 431 g/mol. The van der Waals surface area contributed by atoms with Crippen LogP contribution in [0.4, 0.5) is 0 Å². The molecule has 0 aromatic heterocycles. The van der Waals surface area contributed by atoms with Gasteiger partial charge in [0.2, 0.25) is 0 Å². The summed E-state index contributed by atoms with van der Waals surface area (Å²) in [7, 11) is -0.816. The molecule has 0 radical (unpaired) electrons. The predicted molar refractivity (Wildman–Crippen MR) is 121 cm³/mol. The van der Waals surface area contributed by atoms with Gasteiger partial charge in [-0.1, -0.05) is 51.1 Å². The highest BCUT2D eigenvalue weighted by atomic mass is 28.4. The molecule has 0 amide bonds. The first kappa shape index (κ1) is 24.1. The SMILES string of the molecule is C=CCC1C=C(C(=O)OC)CC(O[Si](C)(C)C(C)(C)C)C1OC(=O)c1ccccc1. The van der Waals surface area contributed by atoms with E-state index < -0.39 is 26.5 Å². The Morgan fingerprint density at radius 3 is 2.33 bits per heavy atom. The summed E-state index contributed by atoms with van der Waals surface area (Å²) in [6, 6.07) is 8.92. The van der Waals surface area contributed by atoms with Crippen LogP contribution in [0.15, 0.2) is 54.6 Å². The molecule has 0 N–H and O–H groups in total. The van der Waals surface area contributed by atoms with Crippen molar-refractivity contribution < 1.29 is 23.5 Å². The number of methoxy groups -OCH3 is 1. The maximum atomic E-state index is 12.8. The van der Waals surface area contributed by atoms with E-state index in [1.54, 1.807) is 30.3 Å². The molecule has 0 bridgehead atoms. The van der Waals surface area contributed by atoms with E-state index in [-0.39, 0.29) is 16.9 Å². The van der Waals surface area contributed by atoms with Gasteiger partial charge in [0, 0.05) is 17.9 Å². The van der Waals surface area contributed by atoms with Gasteiger partial charge < -0.3 is 13.9 Å². The number of benzene rings is 1. The van der Waals surface area contributed by atoms with Crippen LogP contribution in [0.3, 0.4) is 0 Å². The lowest BCUT2D eigenvalue weighted by atomic mass is 9.83. The van der Waals surface area contributed by atoms with Crippen LogP contribution in [0.1, 0.15) is 44.0 Å². The minimum absolute atomic E-state index is 0.0263. The Morgan fingerprint density at radius 2 is 1.80 bits per heavy atom. The molecule has 2 rings (SSSR count). The molecule has 1 aromatic rings. The maximum Gasteiger partial charge on any atom is 0.338 e. The van der Waals surface area contributed by atoms with E-state index in [2.05, 4.69) is 40.4 Å². The van der Waals surface area contributed by atoms with E-state index in [9.17, 15) is 9.59 Å². The van der Waals surface area contributed by atoms with Crippen molar-refractivity contribution in [2.45, 2.75) is 64.0 Å². The van der Waals surface area contributed by atoms with E-state index in [0.29, 0.717) is 24.0 Å². The van der Waals surface area contributed by atoms with Crippen molar-refractivity contribution in [3.05, 3.63) is 60.2 Å². The third-order valence-electron chi connectivity index (χ3n) is 6.02. The quantitative estimate of drug-likeness (QED) is 0.334. The predicted octanol–water partition coefficient (Wildman–Crippen LogP) is 5.30. The van der Waals surface area contributed by atoms with E-state index in [1.807, 2.05) is 12.1 Å². The highest BCUT2D eigenvalue weighted by Gasteiger charge is 2.45. The van der Waals surface area contributed by atoms with Crippen LogP contribution < -0.4 is 0 Å². The van der Waals surface area contributed by atoms with E-state index in [1.165, 1.54) is 7.11 Å². The van der Waals surface area contributed by atoms with Crippen LogP contribution in [0, 0.1) is 5.92 Å². The van der Waals surface area contributed by atoms with Crippen LogP contribution in [-0.2, 0) is 18.7 Å². The van der Waals surface area contributed by atoms with E-state index in [4.69, 9.17) is 13.9 Å². The molecule has 0 heterocycles. The summed E-state index contributed by atoms with van der Waals surface area (Å²) in [5.41, 5.74) is 1.05. The normalized spacial score (nSPS) is 22.1. The number of allylic oxidation sites excluding steroid dienone is 1. The molecule has 30 heavy (non-hydrogen) atoms. The molecular weight excluding hydrogens is 396 g/mol. The Morgan fingerprint density at radius 1 is 1.17 bits per heavy atom. The van der Waals surface area contributed by atoms with Gasteiger partial charge in [-0.2, -0.15) is 0 Å². The molecule has 6 heteroatoms. The van der Waals surface area contributed by atoms with Gasteiger partial charge in [-0.3, -0.25) is 0 Å². The lowest BCUT2D eigenvalue weighted by Crippen LogP contribution is -2.51. The Balaban J connectivity index is 2.41. The van der Waals surface area contributed by atoms with Crippen LogP contribution in [-0.4, -0.2) is 39.6 Å². The maximum absolute atomic E-state index is 12.8. The first-order valence-corrected chi connectivity index (χ1v) is 13.2. The Labute approximate surface area is 181 Å². The standard InChI is InChI=1S/C24H34O5Si/c1-8-12-18-15-19(22(25)27-5)16-20(29-30(6,7)24(2,3)4)21(18)28-23(26)17-13-10-9-11-14-17/h8-11,13-15,18,20-21H,1,12,16H2,2-7H3. The number of hydrogen-bond acceptors (Lipinski definition) is 5. The summed E-state index contributed by atoms with van der Waals surface area (Å²) in [6.07, 6.45) is 3.58. The zero-order chi connectivity index (χ0) is 22.5. The fourth-order valence-electron chi connectivity index (χ4n) is 3.30. The molecule has 1 aliphatic rings. The summed E-state index contributed by atoms with van der Waals surface area (Å²) in [4.78, 5) is 25.1. The minimum atomic E-state index is -2.19. The van der Waals surface area contributed by atoms with Crippen LogP contribution in [0.5, 0.6) is 0 Å².